The lowest BCUT2D eigenvalue weighted by Gasteiger charge is -2.34. The van der Waals surface area contributed by atoms with E-state index in [0.717, 1.165) is 45.0 Å². The molecule has 0 unspecified atom stereocenters. The van der Waals surface area contributed by atoms with Gasteiger partial charge in [0.25, 0.3) is 0 Å². The molecule has 1 heterocycles. The summed E-state index contributed by atoms with van der Waals surface area (Å²) in [6.07, 6.45) is 2.53. The van der Waals surface area contributed by atoms with Crippen molar-refractivity contribution in [2.75, 3.05) is 26.2 Å². The number of nitrogens with zero attached hydrogens (tertiary/aromatic N) is 2. The van der Waals surface area contributed by atoms with Crippen molar-refractivity contribution in [3.8, 4) is 0 Å². The Balaban J connectivity index is 1.48. The number of hydrogen-bond donors (Lipinski definition) is 1. The first kappa shape index (κ1) is 22.3. The van der Waals surface area contributed by atoms with Crippen LogP contribution in [0.25, 0.3) is 0 Å². The van der Waals surface area contributed by atoms with Crippen molar-refractivity contribution in [3.05, 3.63) is 71.3 Å². The van der Waals surface area contributed by atoms with E-state index < -0.39 is 0 Å². The van der Waals surface area contributed by atoms with E-state index in [4.69, 9.17) is 14.5 Å². The number of nitrogens with one attached hydrogen (secondary N) is 1. The zero-order valence-electron chi connectivity index (χ0n) is 18.3. The van der Waals surface area contributed by atoms with E-state index in [1.165, 1.54) is 16.7 Å². The predicted octanol–water partition coefficient (Wildman–Crippen LogP) is 4.37. The van der Waals surface area contributed by atoms with Crippen LogP contribution in [0.1, 0.15) is 43.4 Å². The number of hydrogen-bond acceptors (Lipinski definition) is 3. The first-order valence-corrected chi connectivity index (χ1v) is 11.1. The summed E-state index contributed by atoms with van der Waals surface area (Å²) in [6.45, 7) is 9.79. The molecule has 0 bridgehead atoms. The summed E-state index contributed by atoms with van der Waals surface area (Å²) >= 11 is 0. The second-order valence-electron chi connectivity index (χ2n) is 7.61. The molecule has 1 saturated heterocycles. The van der Waals surface area contributed by atoms with Gasteiger partial charge in [-0.15, -0.1) is 0 Å². The second kappa shape index (κ2) is 12.4. The molecule has 0 atom stereocenters. The normalized spacial score (nSPS) is 15.4. The molecule has 162 valence electrons. The van der Waals surface area contributed by atoms with Crippen LogP contribution in [0.3, 0.4) is 0 Å². The molecule has 0 spiro atoms. The van der Waals surface area contributed by atoms with Gasteiger partial charge in [0, 0.05) is 26.2 Å². The molecule has 0 aliphatic carbocycles. The predicted molar refractivity (Wildman–Crippen MR) is 122 cm³/mol. The number of ether oxygens (including phenoxy) is 2. The van der Waals surface area contributed by atoms with Gasteiger partial charge in [0.05, 0.1) is 25.9 Å². The summed E-state index contributed by atoms with van der Waals surface area (Å²) < 4.78 is 11.6. The summed E-state index contributed by atoms with van der Waals surface area (Å²) in [7, 11) is 0. The lowest BCUT2D eigenvalue weighted by Crippen LogP contribution is -2.47. The van der Waals surface area contributed by atoms with Crippen LogP contribution in [0.15, 0.2) is 59.6 Å². The molecule has 30 heavy (non-hydrogen) atoms. The molecule has 5 nitrogen and oxygen atoms in total. The maximum Gasteiger partial charge on any atom is 0.194 e. The lowest BCUT2D eigenvalue weighted by atomic mass is 10.1. The van der Waals surface area contributed by atoms with Gasteiger partial charge in [-0.25, -0.2) is 4.99 Å². The summed E-state index contributed by atoms with van der Waals surface area (Å²) in [5.74, 6) is 1.00. The van der Waals surface area contributed by atoms with Gasteiger partial charge in [-0.2, -0.15) is 0 Å². The zero-order valence-corrected chi connectivity index (χ0v) is 18.3. The second-order valence-corrected chi connectivity index (χ2v) is 7.61. The van der Waals surface area contributed by atoms with E-state index >= 15 is 0 Å². The molecule has 2 aromatic rings. The minimum Gasteiger partial charge on any atom is -0.378 e. The Hall–Kier alpha value is -2.37. The lowest BCUT2D eigenvalue weighted by molar-refractivity contribution is 0.0263. The Labute approximate surface area is 181 Å². The maximum absolute atomic E-state index is 5.83. The van der Waals surface area contributed by atoms with Crippen LogP contribution in [0.2, 0.25) is 0 Å². The molecule has 5 heteroatoms. The van der Waals surface area contributed by atoms with Crippen molar-refractivity contribution < 1.29 is 9.47 Å². The van der Waals surface area contributed by atoms with Gasteiger partial charge in [0.15, 0.2) is 5.96 Å². The van der Waals surface area contributed by atoms with E-state index in [0.29, 0.717) is 25.9 Å². The molecular formula is C25H35N3O2. The molecule has 0 saturated carbocycles. The minimum atomic E-state index is 0.394. The van der Waals surface area contributed by atoms with Crippen LogP contribution >= 0.6 is 0 Å². The highest BCUT2D eigenvalue weighted by atomic mass is 16.5. The summed E-state index contributed by atoms with van der Waals surface area (Å²) in [4.78, 5) is 7.22. The van der Waals surface area contributed by atoms with E-state index in [-0.39, 0.29) is 0 Å². The van der Waals surface area contributed by atoms with Crippen molar-refractivity contribution in [2.45, 2.75) is 52.6 Å². The molecular weight excluding hydrogens is 374 g/mol. The third-order valence-electron chi connectivity index (χ3n) is 5.29. The van der Waals surface area contributed by atoms with E-state index in [1.54, 1.807) is 0 Å². The monoisotopic (exact) mass is 409 g/mol. The Kier molecular flexibility index (Phi) is 9.19. The van der Waals surface area contributed by atoms with Crippen molar-refractivity contribution >= 4 is 5.96 Å². The highest BCUT2D eigenvalue weighted by molar-refractivity contribution is 5.80. The number of piperidine rings is 1. The maximum atomic E-state index is 5.83. The minimum absolute atomic E-state index is 0.394. The fourth-order valence-corrected chi connectivity index (χ4v) is 3.66. The van der Waals surface area contributed by atoms with E-state index in [2.05, 4.69) is 60.5 Å². The SMILES string of the molecule is CCNC(=NCc1ccc(COCc2ccccc2)cc1)N1CCC(OCC)CC1. The van der Waals surface area contributed by atoms with E-state index in [9.17, 15) is 0 Å². The van der Waals surface area contributed by atoms with Crippen molar-refractivity contribution in [3.63, 3.8) is 0 Å². The highest BCUT2D eigenvalue weighted by Gasteiger charge is 2.21. The molecule has 0 amide bonds. The van der Waals surface area contributed by atoms with Crippen LogP contribution < -0.4 is 5.32 Å². The quantitative estimate of drug-likeness (QED) is 0.493. The van der Waals surface area contributed by atoms with Gasteiger partial charge in [0.1, 0.15) is 0 Å². The molecule has 0 radical (unpaired) electrons. The van der Waals surface area contributed by atoms with Crippen LogP contribution in [0.5, 0.6) is 0 Å². The molecule has 2 aromatic carbocycles. The van der Waals surface area contributed by atoms with Gasteiger partial charge in [-0.3, -0.25) is 0 Å². The highest BCUT2D eigenvalue weighted by Crippen LogP contribution is 2.14. The topological polar surface area (TPSA) is 46.1 Å². The van der Waals surface area contributed by atoms with Crippen molar-refractivity contribution in [2.24, 2.45) is 4.99 Å². The van der Waals surface area contributed by atoms with Gasteiger partial charge in [-0.05, 0) is 43.4 Å². The average molecular weight is 410 g/mol. The molecule has 1 N–H and O–H groups in total. The van der Waals surface area contributed by atoms with Gasteiger partial charge in [0.2, 0.25) is 0 Å². The van der Waals surface area contributed by atoms with E-state index in [1.807, 2.05) is 18.2 Å². The molecule has 1 aliphatic heterocycles. The Bertz CT molecular complexity index is 754. The standard InChI is InChI=1S/C25H35N3O2/c1-3-26-25(28-16-14-24(15-17-28)30-4-2)27-18-21-10-12-23(13-11-21)20-29-19-22-8-6-5-7-9-22/h5-13,24H,3-4,14-20H2,1-2H3,(H,26,27). The van der Waals surface area contributed by atoms with Gasteiger partial charge in [-0.1, -0.05) is 54.6 Å². The first-order valence-electron chi connectivity index (χ1n) is 11.1. The smallest absolute Gasteiger partial charge is 0.194 e. The number of benzene rings is 2. The Morgan fingerprint density at radius 2 is 1.57 bits per heavy atom. The van der Waals surface area contributed by atoms with Crippen LogP contribution in [-0.2, 0) is 29.2 Å². The number of guanidine groups is 1. The zero-order chi connectivity index (χ0) is 21.0. The third kappa shape index (κ3) is 7.15. The van der Waals surface area contributed by atoms with Crippen LogP contribution in [-0.4, -0.2) is 43.2 Å². The molecule has 0 aromatic heterocycles. The molecule has 1 aliphatic rings. The van der Waals surface area contributed by atoms with Gasteiger partial charge >= 0.3 is 0 Å². The summed E-state index contributed by atoms with van der Waals surface area (Å²) in [5, 5.41) is 3.44. The summed E-state index contributed by atoms with van der Waals surface area (Å²) in [5.41, 5.74) is 3.59. The summed E-state index contributed by atoms with van der Waals surface area (Å²) in [6, 6.07) is 18.8. The van der Waals surface area contributed by atoms with Crippen LogP contribution in [0, 0.1) is 0 Å². The first-order chi connectivity index (χ1) is 14.8. The number of aliphatic imine (C=N–C) groups is 1. The van der Waals surface area contributed by atoms with Crippen molar-refractivity contribution in [1.82, 2.24) is 10.2 Å². The number of likely N-dealkylation sites (tertiary alicyclic amines) is 1. The largest absolute Gasteiger partial charge is 0.378 e. The van der Waals surface area contributed by atoms with Crippen molar-refractivity contribution in [1.29, 1.82) is 0 Å². The molecule has 3 rings (SSSR count). The fourth-order valence-electron chi connectivity index (χ4n) is 3.66. The van der Waals surface area contributed by atoms with Crippen LogP contribution in [0.4, 0.5) is 0 Å². The molecule has 1 fully saturated rings. The average Bonchev–Trinajstić information content (AvgIpc) is 2.79. The van der Waals surface area contributed by atoms with Gasteiger partial charge < -0.3 is 19.7 Å². The Morgan fingerprint density at radius 1 is 0.933 bits per heavy atom. The Morgan fingerprint density at radius 3 is 2.20 bits per heavy atom. The third-order valence-corrected chi connectivity index (χ3v) is 5.29. The number of rotatable bonds is 9. The fraction of sp³-hybridized carbons (Fsp3) is 0.480.